The van der Waals surface area contributed by atoms with E-state index in [1.807, 2.05) is 0 Å². The Morgan fingerprint density at radius 2 is 1.50 bits per heavy atom. The van der Waals surface area contributed by atoms with Gasteiger partial charge in [-0.25, -0.2) is 4.39 Å². The van der Waals surface area contributed by atoms with Crippen LogP contribution < -0.4 is 11.1 Å². The number of aliphatic hydroxyl groups is 1. The Balaban J connectivity index is 1.80. The zero-order valence-electron chi connectivity index (χ0n) is 17.1. The Bertz CT molecular complexity index is 1180. The summed E-state index contributed by atoms with van der Waals surface area (Å²) in [6.07, 6.45) is -12.2. The Labute approximate surface area is 188 Å². The summed E-state index contributed by atoms with van der Waals surface area (Å²) in [4.78, 5) is 12.2. The molecule has 180 valence electrons. The summed E-state index contributed by atoms with van der Waals surface area (Å²) in [7, 11) is 0. The molecule has 0 aliphatic carbocycles. The number of amides is 1. The highest BCUT2D eigenvalue weighted by Crippen LogP contribution is 2.50. The van der Waals surface area contributed by atoms with Crippen molar-refractivity contribution in [2.75, 3.05) is 11.1 Å². The molecule has 0 saturated carbocycles. The lowest BCUT2D eigenvalue weighted by Crippen LogP contribution is -2.53. The molecule has 0 heterocycles. The van der Waals surface area contributed by atoms with E-state index in [4.69, 9.17) is 5.73 Å². The SMILES string of the molecule is Nc1cccc(CC(=O)Nc2ccc(-c3ccc(C(O)(C(F)(F)F)C(F)(F)F)cc3F)cc2)c1. The molecule has 3 aromatic carbocycles. The van der Waals surface area contributed by atoms with E-state index in [0.29, 0.717) is 29.1 Å². The van der Waals surface area contributed by atoms with Crippen molar-refractivity contribution in [3.8, 4) is 11.1 Å². The summed E-state index contributed by atoms with van der Waals surface area (Å²) >= 11 is 0. The van der Waals surface area contributed by atoms with E-state index in [9.17, 15) is 40.6 Å². The lowest BCUT2D eigenvalue weighted by Gasteiger charge is -2.32. The van der Waals surface area contributed by atoms with E-state index in [2.05, 4.69) is 5.32 Å². The first-order valence-electron chi connectivity index (χ1n) is 9.63. The van der Waals surface area contributed by atoms with Gasteiger partial charge in [-0.15, -0.1) is 0 Å². The van der Waals surface area contributed by atoms with Crippen molar-refractivity contribution in [1.29, 1.82) is 0 Å². The summed E-state index contributed by atoms with van der Waals surface area (Å²) < 4.78 is 92.6. The lowest BCUT2D eigenvalue weighted by molar-refractivity contribution is -0.376. The van der Waals surface area contributed by atoms with Crippen LogP contribution in [-0.4, -0.2) is 23.4 Å². The van der Waals surface area contributed by atoms with E-state index in [0.717, 1.165) is 0 Å². The maximum Gasteiger partial charge on any atom is 0.430 e. The molecule has 4 nitrogen and oxygen atoms in total. The summed E-state index contributed by atoms with van der Waals surface area (Å²) in [5, 5.41) is 12.0. The number of halogens is 7. The van der Waals surface area contributed by atoms with E-state index >= 15 is 0 Å². The molecule has 1 amide bonds. The fourth-order valence-electron chi connectivity index (χ4n) is 3.29. The van der Waals surface area contributed by atoms with Crippen LogP contribution in [0.25, 0.3) is 11.1 Å². The Hall–Kier alpha value is -3.60. The highest BCUT2D eigenvalue weighted by Gasteiger charge is 2.71. The molecule has 0 radical (unpaired) electrons. The van der Waals surface area contributed by atoms with Crippen molar-refractivity contribution >= 4 is 17.3 Å². The third-order valence-corrected chi connectivity index (χ3v) is 5.00. The minimum atomic E-state index is -6.12. The molecule has 4 N–H and O–H groups in total. The number of nitrogens with two attached hydrogens (primary N) is 1. The molecule has 0 atom stereocenters. The number of carbonyl (C=O) groups excluding carboxylic acids is 1. The van der Waals surface area contributed by atoms with Crippen molar-refractivity contribution in [3.05, 3.63) is 83.7 Å². The fourth-order valence-corrected chi connectivity index (χ4v) is 3.29. The summed E-state index contributed by atoms with van der Waals surface area (Å²) in [6.45, 7) is 0. The van der Waals surface area contributed by atoms with Crippen LogP contribution in [-0.2, 0) is 16.8 Å². The van der Waals surface area contributed by atoms with Crippen LogP contribution in [0.4, 0.5) is 42.1 Å². The van der Waals surface area contributed by atoms with Crippen molar-refractivity contribution in [1.82, 2.24) is 0 Å². The van der Waals surface area contributed by atoms with Crippen LogP contribution in [0.1, 0.15) is 11.1 Å². The molecule has 3 aromatic rings. The molecule has 0 saturated heterocycles. The Morgan fingerprint density at radius 1 is 0.882 bits per heavy atom. The van der Waals surface area contributed by atoms with E-state index in [1.165, 1.54) is 24.3 Å². The average Bonchev–Trinajstić information content (AvgIpc) is 2.72. The van der Waals surface area contributed by atoms with Gasteiger partial charge in [0, 0.05) is 22.5 Å². The lowest BCUT2D eigenvalue weighted by atomic mass is 9.90. The first-order chi connectivity index (χ1) is 15.7. The summed E-state index contributed by atoms with van der Waals surface area (Å²) in [6, 6.07) is 13.2. The third kappa shape index (κ3) is 4.98. The van der Waals surface area contributed by atoms with Gasteiger partial charge in [0.25, 0.3) is 5.60 Å². The molecule has 34 heavy (non-hydrogen) atoms. The van der Waals surface area contributed by atoms with Gasteiger partial charge in [0.15, 0.2) is 0 Å². The number of carbonyl (C=O) groups is 1. The molecule has 0 aliphatic rings. The molecule has 0 bridgehead atoms. The number of nitrogen functional groups attached to an aromatic ring is 1. The maximum absolute atomic E-state index is 14.5. The zero-order valence-corrected chi connectivity index (χ0v) is 17.1. The fraction of sp³-hybridized carbons (Fsp3) is 0.174. The van der Waals surface area contributed by atoms with Crippen LogP contribution in [0.2, 0.25) is 0 Å². The maximum atomic E-state index is 14.5. The van der Waals surface area contributed by atoms with Crippen molar-refractivity contribution in [3.63, 3.8) is 0 Å². The number of alkyl halides is 6. The van der Waals surface area contributed by atoms with Gasteiger partial charge in [-0.05, 0) is 41.5 Å². The summed E-state index contributed by atoms with van der Waals surface area (Å²) in [5.74, 6) is -1.77. The predicted molar refractivity (Wildman–Crippen MR) is 111 cm³/mol. The van der Waals surface area contributed by atoms with E-state index in [1.54, 1.807) is 24.3 Å². The van der Waals surface area contributed by atoms with Gasteiger partial charge in [0.2, 0.25) is 5.91 Å². The van der Waals surface area contributed by atoms with Crippen LogP contribution in [0.5, 0.6) is 0 Å². The first kappa shape index (κ1) is 25.0. The van der Waals surface area contributed by atoms with Crippen LogP contribution in [0, 0.1) is 5.82 Å². The van der Waals surface area contributed by atoms with Crippen molar-refractivity contribution in [2.24, 2.45) is 0 Å². The monoisotopic (exact) mass is 486 g/mol. The topological polar surface area (TPSA) is 75.4 Å². The third-order valence-electron chi connectivity index (χ3n) is 5.00. The summed E-state index contributed by atoms with van der Waals surface area (Å²) in [5.41, 5.74) is 0.0646. The smallest absolute Gasteiger partial charge is 0.399 e. The van der Waals surface area contributed by atoms with Crippen LogP contribution in [0.15, 0.2) is 66.7 Å². The molecule has 11 heteroatoms. The number of hydrogen-bond donors (Lipinski definition) is 3. The van der Waals surface area contributed by atoms with Crippen LogP contribution in [0.3, 0.4) is 0 Å². The van der Waals surface area contributed by atoms with E-state index < -0.39 is 29.3 Å². The largest absolute Gasteiger partial charge is 0.430 e. The van der Waals surface area contributed by atoms with Gasteiger partial charge in [0.1, 0.15) is 5.82 Å². The van der Waals surface area contributed by atoms with E-state index in [-0.39, 0.29) is 29.5 Å². The quantitative estimate of drug-likeness (QED) is 0.326. The number of anilines is 2. The van der Waals surface area contributed by atoms with Gasteiger partial charge in [-0.3, -0.25) is 4.79 Å². The minimum absolute atomic E-state index is 0.00242. The minimum Gasteiger partial charge on any atom is -0.399 e. The second-order valence-electron chi connectivity index (χ2n) is 7.45. The second-order valence-corrected chi connectivity index (χ2v) is 7.45. The second kappa shape index (κ2) is 8.98. The first-order valence-corrected chi connectivity index (χ1v) is 9.63. The molecule has 0 fully saturated rings. The highest BCUT2D eigenvalue weighted by molar-refractivity contribution is 5.92. The molecule has 0 aliphatic heterocycles. The zero-order chi connectivity index (χ0) is 25.3. The molecular formula is C23H17F7N2O2. The standard InChI is InChI=1S/C23H17F7N2O2/c24-19-12-15(21(34,22(25,26)27)23(28,29)30)6-9-18(19)14-4-7-17(8-5-14)32-20(33)11-13-2-1-3-16(31)10-13/h1-10,12,34H,11,31H2,(H,32,33). The number of hydrogen-bond acceptors (Lipinski definition) is 3. The number of nitrogens with one attached hydrogen (secondary N) is 1. The van der Waals surface area contributed by atoms with Gasteiger partial charge in [0.05, 0.1) is 6.42 Å². The van der Waals surface area contributed by atoms with Crippen LogP contribution >= 0.6 is 0 Å². The number of benzene rings is 3. The molecule has 0 spiro atoms. The van der Waals surface area contributed by atoms with Gasteiger partial charge in [-0.2, -0.15) is 26.3 Å². The predicted octanol–water partition coefficient (Wildman–Crippen LogP) is 5.57. The van der Waals surface area contributed by atoms with Gasteiger partial charge >= 0.3 is 12.4 Å². The normalized spacial score (nSPS) is 12.5. The molecule has 3 rings (SSSR count). The molecular weight excluding hydrogens is 469 g/mol. The Morgan fingerprint density at radius 3 is 2.03 bits per heavy atom. The molecule has 0 unspecified atom stereocenters. The highest BCUT2D eigenvalue weighted by atomic mass is 19.4. The number of rotatable bonds is 5. The van der Waals surface area contributed by atoms with Crippen molar-refractivity contribution in [2.45, 2.75) is 24.4 Å². The average molecular weight is 486 g/mol. The van der Waals surface area contributed by atoms with Gasteiger partial charge < -0.3 is 16.2 Å². The van der Waals surface area contributed by atoms with Crippen molar-refractivity contribution < 1.29 is 40.6 Å². The molecule has 0 aromatic heterocycles. The Kier molecular flexibility index (Phi) is 6.61. The van der Waals surface area contributed by atoms with Gasteiger partial charge in [-0.1, -0.05) is 36.4 Å².